The Bertz CT molecular complexity index is 1190. The van der Waals surface area contributed by atoms with Crippen LogP contribution in [0.2, 0.25) is 5.02 Å². The molecule has 1 aliphatic rings. The molecular weight excluding hydrogens is 434 g/mol. The summed E-state index contributed by atoms with van der Waals surface area (Å²) in [5, 5.41) is 5.45. The number of amides is 1. The molecule has 1 saturated heterocycles. The van der Waals surface area contributed by atoms with Gasteiger partial charge in [-0.15, -0.1) is 0 Å². The van der Waals surface area contributed by atoms with Gasteiger partial charge in [-0.3, -0.25) is 9.48 Å². The van der Waals surface area contributed by atoms with Gasteiger partial charge in [-0.2, -0.15) is 5.10 Å². The van der Waals surface area contributed by atoms with Gasteiger partial charge in [0.15, 0.2) is 9.84 Å². The van der Waals surface area contributed by atoms with Crippen molar-refractivity contribution >= 4 is 27.3 Å². The van der Waals surface area contributed by atoms with Crippen LogP contribution in [0.4, 0.5) is 0 Å². The molecule has 8 heteroatoms. The van der Waals surface area contributed by atoms with E-state index in [-0.39, 0.29) is 17.4 Å². The van der Waals surface area contributed by atoms with Gasteiger partial charge in [0.25, 0.3) is 0 Å². The van der Waals surface area contributed by atoms with E-state index in [9.17, 15) is 13.2 Å². The first-order valence-electron chi connectivity index (χ1n) is 10.1. The zero-order valence-electron chi connectivity index (χ0n) is 17.2. The Morgan fingerprint density at radius 2 is 1.84 bits per heavy atom. The lowest BCUT2D eigenvalue weighted by Crippen LogP contribution is -2.33. The van der Waals surface area contributed by atoms with E-state index in [4.69, 9.17) is 16.7 Å². The normalized spacial score (nSPS) is 17.5. The van der Waals surface area contributed by atoms with Gasteiger partial charge in [0.2, 0.25) is 5.91 Å². The molecule has 0 N–H and O–H groups in total. The van der Waals surface area contributed by atoms with Crippen molar-refractivity contribution < 1.29 is 13.2 Å². The first-order valence-corrected chi connectivity index (χ1v) is 12.3. The number of carbonyl (C=O) groups is 1. The van der Waals surface area contributed by atoms with E-state index in [0.717, 1.165) is 22.4 Å². The van der Waals surface area contributed by atoms with Crippen LogP contribution in [0.5, 0.6) is 0 Å². The summed E-state index contributed by atoms with van der Waals surface area (Å²) in [5.74, 6) is -0.581. The molecular formula is C23H24ClN3O3S. The van der Waals surface area contributed by atoms with Crippen molar-refractivity contribution in [1.82, 2.24) is 14.7 Å². The molecule has 1 amide bonds. The Hall–Kier alpha value is -2.64. The van der Waals surface area contributed by atoms with E-state index >= 15 is 0 Å². The third kappa shape index (κ3) is 4.99. The summed E-state index contributed by atoms with van der Waals surface area (Å²) in [4.78, 5) is 14.5. The molecule has 0 bridgehead atoms. The molecule has 1 aliphatic heterocycles. The van der Waals surface area contributed by atoms with Crippen LogP contribution in [0, 0.1) is 5.92 Å². The summed E-state index contributed by atoms with van der Waals surface area (Å²) < 4.78 is 25.4. The summed E-state index contributed by atoms with van der Waals surface area (Å²) in [6.45, 7) is 0.861. The van der Waals surface area contributed by atoms with Crippen molar-refractivity contribution in [3.63, 3.8) is 0 Å². The van der Waals surface area contributed by atoms with Gasteiger partial charge in [0.05, 0.1) is 29.7 Å². The fraction of sp³-hybridized carbons (Fsp3) is 0.304. The van der Waals surface area contributed by atoms with Crippen molar-refractivity contribution in [1.29, 1.82) is 0 Å². The van der Waals surface area contributed by atoms with Crippen molar-refractivity contribution in [2.45, 2.75) is 19.5 Å². The molecule has 1 aromatic heterocycles. The smallest absolute Gasteiger partial charge is 0.226 e. The van der Waals surface area contributed by atoms with Crippen LogP contribution in [-0.4, -0.2) is 47.6 Å². The lowest BCUT2D eigenvalue weighted by molar-refractivity contribution is -0.133. The van der Waals surface area contributed by atoms with Crippen molar-refractivity contribution in [2.24, 2.45) is 5.92 Å². The Morgan fingerprint density at radius 1 is 1.13 bits per heavy atom. The third-order valence-corrected chi connectivity index (χ3v) is 7.68. The fourth-order valence-corrected chi connectivity index (χ4v) is 5.86. The predicted molar refractivity (Wildman–Crippen MR) is 121 cm³/mol. The Morgan fingerprint density at radius 3 is 2.52 bits per heavy atom. The summed E-state index contributed by atoms with van der Waals surface area (Å²) >= 11 is 6.32. The molecule has 1 atom stereocenters. The minimum absolute atomic E-state index is 0.0620. The number of halogens is 1. The fourth-order valence-electron chi connectivity index (χ4n) is 3.93. The van der Waals surface area contributed by atoms with Gasteiger partial charge in [-0.1, -0.05) is 60.1 Å². The van der Waals surface area contributed by atoms with E-state index in [0.29, 0.717) is 24.5 Å². The maximum atomic E-state index is 12.8. The second-order valence-electron chi connectivity index (χ2n) is 7.95. The number of aromatic nitrogens is 2. The highest BCUT2D eigenvalue weighted by Gasteiger charge is 2.34. The van der Waals surface area contributed by atoms with Crippen LogP contribution in [-0.2, 0) is 27.7 Å². The number of carbonyl (C=O) groups excluding carboxylic acids is 1. The van der Waals surface area contributed by atoms with Crippen LogP contribution < -0.4 is 0 Å². The van der Waals surface area contributed by atoms with Gasteiger partial charge in [0, 0.05) is 35.9 Å². The molecule has 2 aromatic carbocycles. The van der Waals surface area contributed by atoms with Crippen molar-refractivity contribution in [3.05, 3.63) is 76.9 Å². The highest BCUT2D eigenvalue weighted by molar-refractivity contribution is 7.91. The highest BCUT2D eigenvalue weighted by Crippen LogP contribution is 2.26. The average molecular weight is 458 g/mol. The van der Waals surface area contributed by atoms with Gasteiger partial charge < -0.3 is 4.90 Å². The zero-order valence-corrected chi connectivity index (χ0v) is 18.8. The number of rotatable bonds is 6. The number of hydrogen-bond acceptors (Lipinski definition) is 4. The number of nitrogens with zero attached hydrogens (tertiary/aromatic N) is 3. The second kappa shape index (κ2) is 8.85. The van der Waals surface area contributed by atoms with Gasteiger partial charge >= 0.3 is 0 Å². The largest absolute Gasteiger partial charge is 0.341 e. The molecule has 0 spiro atoms. The Labute approximate surface area is 187 Å². The van der Waals surface area contributed by atoms with Gasteiger partial charge in [0.1, 0.15) is 0 Å². The van der Waals surface area contributed by atoms with Crippen LogP contribution in [0.1, 0.15) is 17.5 Å². The average Bonchev–Trinajstić information content (AvgIpc) is 3.32. The number of sulfone groups is 1. The molecule has 3 aromatic rings. The monoisotopic (exact) mass is 457 g/mol. The van der Waals surface area contributed by atoms with E-state index in [1.807, 2.05) is 65.5 Å². The summed E-state index contributed by atoms with van der Waals surface area (Å²) in [6.07, 6.45) is 2.32. The highest BCUT2D eigenvalue weighted by atomic mass is 35.5. The standard InChI is InChI=1S/C23H24ClN3O3S/c1-26(23(28)19-11-12-31(29,30)16-19)13-20-15-27(14-18-9-5-6-10-21(18)24)25-22(20)17-7-3-2-4-8-17/h2-10,15,19H,11-14,16H2,1H3. The van der Waals surface area contributed by atoms with Crippen molar-refractivity contribution in [3.8, 4) is 11.3 Å². The second-order valence-corrected chi connectivity index (χ2v) is 10.6. The van der Waals surface area contributed by atoms with E-state index in [1.54, 1.807) is 11.9 Å². The van der Waals surface area contributed by atoms with Crippen LogP contribution in [0.15, 0.2) is 60.8 Å². The lowest BCUT2D eigenvalue weighted by atomic mass is 10.1. The predicted octanol–water partition coefficient (Wildman–Crippen LogP) is 3.64. The number of hydrogen-bond donors (Lipinski definition) is 0. The lowest BCUT2D eigenvalue weighted by Gasteiger charge is -2.20. The molecule has 162 valence electrons. The summed E-state index contributed by atoms with van der Waals surface area (Å²) in [7, 11) is -1.39. The molecule has 6 nitrogen and oxygen atoms in total. The molecule has 31 heavy (non-hydrogen) atoms. The quantitative estimate of drug-likeness (QED) is 0.566. The maximum absolute atomic E-state index is 12.8. The Kier molecular flexibility index (Phi) is 6.16. The Balaban J connectivity index is 1.60. The summed E-state index contributed by atoms with van der Waals surface area (Å²) in [5.41, 5.74) is 3.61. The molecule has 0 saturated carbocycles. The van der Waals surface area contributed by atoms with Crippen LogP contribution >= 0.6 is 11.6 Å². The van der Waals surface area contributed by atoms with Crippen LogP contribution in [0.3, 0.4) is 0 Å². The first kappa shape index (κ1) is 21.6. The van der Waals surface area contributed by atoms with Gasteiger partial charge in [-0.05, 0) is 18.1 Å². The third-order valence-electron chi connectivity index (χ3n) is 5.54. The molecule has 0 aliphatic carbocycles. The molecule has 1 unspecified atom stereocenters. The van der Waals surface area contributed by atoms with Gasteiger partial charge in [-0.25, -0.2) is 8.42 Å². The maximum Gasteiger partial charge on any atom is 0.226 e. The van der Waals surface area contributed by atoms with E-state index in [2.05, 4.69) is 0 Å². The molecule has 2 heterocycles. The SMILES string of the molecule is CN(Cc1cn(Cc2ccccc2Cl)nc1-c1ccccc1)C(=O)C1CCS(=O)(=O)C1. The minimum atomic E-state index is -3.11. The summed E-state index contributed by atoms with van der Waals surface area (Å²) in [6, 6.07) is 17.4. The molecule has 4 rings (SSSR count). The topological polar surface area (TPSA) is 72.3 Å². The molecule has 0 radical (unpaired) electrons. The number of benzene rings is 2. The van der Waals surface area contributed by atoms with E-state index in [1.165, 1.54) is 0 Å². The minimum Gasteiger partial charge on any atom is -0.341 e. The van der Waals surface area contributed by atoms with Crippen LogP contribution in [0.25, 0.3) is 11.3 Å². The molecule has 1 fully saturated rings. The zero-order chi connectivity index (χ0) is 22.0. The van der Waals surface area contributed by atoms with Crippen molar-refractivity contribution in [2.75, 3.05) is 18.6 Å². The first-order chi connectivity index (χ1) is 14.8. The van der Waals surface area contributed by atoms with E-state index < -0.39 is 15.8 Å².